The molecule has 1 N–H and O–H groups in total. The summed E-state index contributed by atoms with van der Waals surface area (Å²) in [5.41, 5.74) is 2.99. The number of aromatic nitrogens is 2. The van der Waals surface area contributed by atoms with Crippen LogP contribution in [-0.2, 0) is 0 Å². The van der Waals surface area contributed by atoms with Crippen molar-refractivity contribution in [2.75, 3.05) is 32.7 Å². The summed E-state index contributed by atoms with van der Waals surface area (Å²) in [5.74, 6) is -0.0377. The van der Waals surface area contributed by atoms with Crippen molar-refractivity contribution in [1.82, 2.24) is 25.1 Å². The van der Waals surface area contributed by atoms with Crippen LogP contribution in [0, 0.1) is 0 Å². The lowest BCUT2D eigenvalue weighted by Crippen LogP contribution is -2.53. The topological polar surface area (TPSA) is 78.4 Å². The minimum atomic E-state index is -0.0761. The second-order valence-corrected chi connectivity index (χ2v) is 6.93. The van der Waals surface area contributed by atoms with Crippen molar-refractivity contribution in [2.45, 2.75) is 6.92 Å². The van der Waals surface area contributed by atoms with Gasteiger partial charge in [-0.25, -0.2) is 9.78 Å². The molecule has 29 heavy (non-hydrogen) atoms. The number of urea groups is 1. The first-order valence-corrected chi connectivity index (χ1v) is 9.79. The Morgan fingerprint density at radius 1 is 1.03 bits per heavy atom. The molecule has 1 aliphatic rings. The van der Waals surface area contributed by atoms with Crippen LogP contribution < -0.4 is 5.32 Å². The molecule has 1 saturated heterocycles. The molecular formula is C22H23N5O2. The van der Waals surface area contributed by atoms with Crippen LogP contribution in [0.25, 0.3) is 22.2 Å². The molecule has 7 heteroatoms. The highest BCUT2D eigenvalue weighted by Gasteiger charge is 2.26. The summed E-state index contributed by atoms with van der Waals surface area (Å²) >= 11 is 0. The highest BCUT2D eigenvalue weighted by atomic mass is 16.2. The smallest absolute Gasteiger partial charge is 0.317 e. The van der Waals surface area contributed by atoms with E-state index in [9.17, 15) is 9.59 Å². The van der Waals surface area contributed by atoms with Crippen LogP contribution in [-0.4, -0.2) is 64.4 Å². The summed E-state index contributed by atoms with van der Waals surface area (Å²) in [6.45, 7) is 4.56. The van der Waals surface area contributed by atoms with Gasteiger partial charge >= 0.3 is 6.03 Å². The van der Waals surface area contributed by atoms with Crippen molar-refractivity contribution in [3.8, 4) is 11.3 Å². The first kappa shape index (κ1) is 18.9. The number of rotatable bonds is 3. The third kappa shape index (κ3) is 3.89. The zero-order chi connectivity index (χ0) is 20.2. The van der Waals surface area contributed by atoms with Gasteiger partial charge in [0.1, 0.15) is 0 Å². The van der Waals surface area contributed by atoms with Gasteiger partial charge in [0, 0.05) is 56.1 Å². The maximum atomic E-state index is 13.4. The molecule has 0 aliphatic carbocycles. The molecule has 148 valence electrons. The number of pyridine rings is 2. The number of nitrogens with zero attached hydrogens (tertiary/aromatic N) is 4. The molecule has 7 nitrogen and oxygen atoms in total. The summed E-state index contributed by atoms with van der Waals surface area (Å²) in [5, 5.41) is 3.64. The van der Waals surface area contributed by atoms with Gasteiger partial charge < -0.3 is 15.1 Å². The largest absolute Gasteiger partial charge is 0.338 e. The molecular weight excluding hydrogens is 366 g/mol. The van der Waals surface area contributed by atoms with E-state index in [2.05, 4.69) is 10.3 Å². The molecule has 4 rings (SSSR count). The Labute approximate surface area is 169 Å². The number of piperazine rings is 1. The van der Waals surface area contributed by atoms with E-state index >= 15 is 0 Å². The van der Waals surface area contributed by atoms with Gasteiger partial charge in [0.05, 0.1) is 16.8 Å². The van der Waals surface area contributed by atoms with E-state index in [0.29, 0.717) is 38.3 Å². The van der Waals surface area contributed by atoms with E-state index < -0.39 is 0 Å². The minimum Gasteiger partial charge on any atom is -0.338 e. The monoisotopic (exact) mass is 389 g/mol. The number of carbonyl (C=O) groups excluding carboxylic acids is 2. The number of carbonyl (C=O) groups is 2. The third-order valence-electron chi connectivity index (χ3n) is 5.09. The van der Waals surface area contributed by atoms with E-state index in [-0.39, 0.29) is 11.9 Å². The van der Waals surface area contributed by atoms with E-state index in [4.69, 9.17) is 4.98 Å². The van der Waals surface area contributed by atoms with Gasteiger partial charge in [-0.1, -0.05) is 18.2 Å². The Bertz CT molecular complexity index is 1030. The lowest BCUT2D eigenvalue weighted by atomic mass is 10.0. The minimum absolute atomic E-state index is 0.0377. The Hall–Kier alpha value is -3.48. The van der Waals surface area contributed by atoms with Crippen molar-refractivity contribution < 1.29 is 9.59 Å². The van der Waals surface area contributed by atoms with Crippen molar-refractivity contribution in [3.05, 3.63) is 60.4 Å². The number of hydrogen-bond acceptors (Lipinski definition) is 4. The third-order valence-corrected chi connectivity index (χ3v) is 5.09. The van der Waals surface area contributed by atoms with Gasteiger partial charge in [0.2, 0.25) is 0 Å². The van der Waals surface area contributed by atoms with E-state index in [1.165, 1.54) is 0 Å². The normalized spacial score (nSPS) is 14.1. The van der Waals surface area contributed by atoms with Gasteiger partial charge in [-0.15, -0.1) is 0 Å². The fraction of sp³-hybridized carbons (Fsp3) is 0.273. The number of benzene rings is 1. The first-order valence-electron chi connectivity index (χ1n) is 9.79. The second-order valence-electron chi connectivity index (χ2n) is 6.93. The fourth-order valence-electron chi connectivity index (χ4n) is 3.56. The molecule has 0 unspecified atom stereocenters. The highest BCUT2D eigenvalue weighted by Crippen LogP contribution is 2.25. The molecule has 1 fully saturated rings. The van der Waals surface area contributed by atoms with Gasteiger partial charge in [-0.3, -0.25) is 9.78 Å². The molecule has 0 atom stereocenters. The van der Waals surface area contributed by atoms with Crippen molar-refractivity contribution in [3.63, 3.8) is 0 Å². The summed E-state index contributed by atoms with van der Waals surface area (Å²) in [6.07, 6.45) is 3.46. The molecule has 3 amide bonds. The first-order chi connectivity index (χ1) is 14.2. The SMILES string of the molecule is CCNC(=O)N1CCN(C(=O)c2cc(-c3cccnc3)nc3ccccc23)CC1. The highest BCUT2D eigenvalue weighted by molar-refractivity contribution is 6.07. The molecule has 3 aromatic rings. The Morgan fingerprint density at radius 2 is 1.79 bits per heavy atom. The lowest BCUT2D eigenvalue weighted by Gasteiger charge is -2.34. The Balaban J connectivity index is 1.63. The summed E-state index contributed by atoms with van der Waals surface area (Å²) in [6, 6.07) is 13.2. The predicted molar refractivity (Wildman–Crippen MR) is 112 cm³/mol. The van der Waals surface area contributed by atoms with Crippen LogP contribution >= 0.6 is 0 Å². The Morgan fingerprint density at radius 3 is 2.52 bits per heavy atom. The molecule has 0 radical (unpaired) electrons. The quantitative estimate of drug-likeness (QED) is 0.747. The standard InChI is InChI=1S/C22H23N5O2/c1-2-24-22(29)27-12-10-26(11-13-27)21(28)18-14-20(16-6-5-9-23-15-16)25-19-8-4-3-7-17(18)19/h3-9,14-15H,2,10-13H2,1H3,(H,24,29). The zero-order valence-corrected chi connectivity index (χ0v) is 16.3. The van der Waals surface area contributed by atoms with Crippen LogP contribution in [0.2, 0.25) is 0 Å². The lowest BCUT2D eigenvalue weighted by molar-refractivity contribution is 0.0667. The van der Waals surface area contributed by atoms with E-state index in [0.717, 1.165) is 22.2 Å². The molecule has 1 aromatic carbocycles. The molecule has 0 saturated carbocycles. The summed E-state index contributed by atoms with van der Waals surface area (Å²) < 4.78 is 0. The molecule has 2 aromatic heterocycles. The van der Waals surface area contributed by atoms with Gasteiger partial charge in [-0.05, 0) is 31.2 Å². The van der Waals surface area contributed by atoms with Crippen molar-refractivity contribution in [2.24, 2.45) is 0 Å². The van der Waals surface area contributed by atoms with Crippen LogP contribution in [0.3, 0.4) is 0 Å². The number of hydrogen-bond donors (Lipinski definition) is 1. The molecule has 0 spiro atoms. The number of amides is 3. The molecule has 3 heterocycles. The fourth-order valence-corrected chi connectivity index (χ4v) is 3.56. The average molecular weight is 389 g/mol. The maximum Gasteiger partial charge on any atom is 0.317 e. The Kier molecular flexibility index (Phi) is 5.37. The molecule has 0 bridgehead atoms. The average Bonchev–Trinajstić information content (AvgIpc) is 2.78. The zero-order valence-electron chi connectivity index (χ0n) is 16.3. The van der Waals surface area contributed by atoms with Crippen LogP contribution in [0.15, 0.2) is 54.9 Å². The number of nitrogens with one attached hydrogen (secondary N) is 1. The summed E-state index contributed by atoms with van der Waals surface area (Å²) in [7, 11) is 0. The second kappa shape index (κ2) is 8.26. The van der Waals surface area contributed by atoms with Crippen molar-refractivity contribution >= 4 is 22.8 Å². The van der Waals surface area contributed by atoms with E-state index in [1.807, 2.05) is 54.3 Å². The van der Waals surface area contributed by atoms with Crippen molar-refractivity contribution in [1.29, 1.82) is 0 Å². The molecule has 1 aliphatic heterocycles. The predicted octanol–water partition coefficient (Wildman–Crippen LogP) is 2.78. The van der Waals surface area contributed by atoms with Crippen LogP contribution in [0.1, 0.15) is 17.3 Å². The van der Waals surface area contributed by atoms with Gasteiger partial charge in [-0.2, -0.15) is 0 Å². The van der Waals surface area contributed by atoms with Gasteiger partial charge in [0.15, 0.2) is 0 Å². The van der Waals surface area contributed by atoms with E-state index in [1.54, 1.807) is 17.3 Å². The number of fused-ring (bicyclic) bond motifs is 1. The van der Waals surface area contributed by atoms with Crippen LogP contribution in [0.5, 0.6) is 0 Å². The summed E-state index contributed by atoms with van der Waals surface area (Å²) in [4.78, 5) is 37.8. The van der Waals surface area contributed by atoms with Crippen LogP contribution in [0.4, 0.5) is 4.79 Å². The number of para-hydroxylation sites is 1. The van der Waals surface area contributed by atoms with Gasteiger partial charge in [0.25, 0.3) is 5.91 Å². The maximum absolute atomic E-state index is 13.4.